The summed E-state index contributed by atoms with van der Waals surface area (Å²) in [5, 5.41) is 3.20. The maximum absolute atomic E-state index is 4.29. The van der Waals surface area contributed by atoms with Crippen molar-refractivity contribution in [3.05, 3.63) is 18.5 Å². The summed E-state index contributed by atoms with van der Waals surface area (Å²) in [6.07, 6.45) is 4.29. The molecule has 12 heavy (non-hydrogen) atoms. The lowest BCUT2D eigenvalue weighted by Crippen LogP contribution is -2.32. The zero-order chi connectivity index (χ0) is 8.39. The van der Waals surface area contributed by atoms with E-state index in [-0.39, 0.29) is 0 Å². The topological polar surface area (TPSA) is 16.1 Å². The summed E-state index contributed by atoms with van der Waals surface area (Å²) < 4.78 is 0. The van der Waals surface area contributed by atoms with Crippen LogP contribution in [0.15, 0.2) is 11.6 Å². The molecular weight excluding hydrogens is 168 g/mol. The van der Waals surface area contributed by atoms with E-state index in [1.165, 1.54) is 18.0 Å². The highest BCUT2D eigenvalue weighted by atomic mass is 32.1. The summed E-state index contributed by atoms with van der Waals surface area (Å²) in [4.78, 5) is 6.64. The first-order valence-corrected chi connectivity index (χ1v) is 5.22. The lowest BCUT2D eigenvalue weighted by atomic mass is 10.00. The van der Waals surface area contributed by atoms with Crippen LogP contribution in [0, 0.1) is 12.8 Å². The molecule has 0 aromatic carbocycles. The largest absolute Gasteiger partial charge is 0.348 e. The number of rotatable bonds is 1. The molecule has 0 aliphatic carbocycles. The minimum absolute atomic E-state index is 0.654. The van der Waals surface area contributed by atoms with Crippen LogP contribution in [-0.4, -0.2) is 18.1 Å². The summed E-state index contributed by atoms with van der Waals surface area (Å²) in [5.74, 6) is 0.654. The molecule has 1 aliphatic rings. The molecule has 1 radical (unpaired) electrons. The van der Waals surface area contributed by atoms with Gasteiger partial charge in [-0.15, -0.1) is 11.3 Å². The van der Waals surface area contributed by atoms with Gasteiger partial charge in [-0.3, -0.25) is 0 Å². The molecule has 1 fully saturated rings. The third-order valence-corrected chi connectivity index (χ3v) is 3.14. The number of hydrogen-bond acceptors (Lipinski definition) is 3. The Labute approximate surface area is 77.2 Å². The zero-order valence-corrected chi connectivity index (χ0v) is 7.89. The number of hydrogen-bond donors (Lipinski definition) is 0. The highest BCUT2D eigenvalue weighted by Crippen LogP contribution is 2.23. The first-order chi connectivity index (χ1) is 5.86. The summed E-state index contributed by atoms with van der Waals surface area (Å²) in [5.41, 5.74) is 0. The van der Waals surface area contributed by atoms with Gasteiger partial charge in [-0.05, 0) is 18.8 Å². The molecule has 65 valence electrons. The Bertz CT molecular complexity index is 225. The Hall–Kier alpha value is -0.570. The number of aromatic nitrogens is 1. The summed E-state index contributed by atoms with van der Waals surface area (Å²) >= 11 is 1.73. The Kier molecular flexibility index (Phi) is 2.30. The first kappa shape index (κ1) is 8.05. The average molecular weight is 181 g/mol. The molecule has 2 rings (SSSR count). The zero-order valence-electron chi connectivity index (χ0n) is 7.07. The molecule has 3 heteroatoms. The van der Waals surface area contributed by atoms with Crippen molar-refractivity contribution in [3.8, 4) is 0 Å². The van der Waals surface area contributed by atoms with E-state index in [2.05, 4.69) is 16.8 Å². The second-order valence-electron chi connectivity index (χ2n) is 3.25. The van der Waals surface area contributed by atoms with Crippen LogP contribution in [0.1, 0.15) is 12.8 Å². The highest BCUT2D eigenvalue weighted by Gasteiger charge is 2.16. The molecule has 0 bridgehead atoms. The van der Waals surface area contributed by atoms with Gasteiger partial charge in [0.15, 0.2) is 5.13 Å². The molecule has 0 unspecified atom stereocenters. The standard InChI is InChI=1S/C9H13N2S/c1-8-2-5-11(6-3-8)9-10-4-7-12-9/h4,7-8H,1-3,5-6H2. The van der Waals surface area contributed by atoms with Crippen LogP contribution in [0.2, 0.25) is 0 Å². The molecule has 1 aromatic rings. The van der Waals surface area contributed by atoms with Gasteiger partial charge in [-0.2, -0.15) is 0 Å². The summed E-state index contributed by atoms with van der Waals surface area (Å²) in [6.45, 7) is 6.32. The van der Waals surface area contributed by atoms with E-state index < -0.39 is 0 Å². The first-order valence-electron chi connectivity index (χ1n) is 4.34. The minimum atomic E-state index is 0.654. The Balaban J connectivity index is 1.99. The third kappa shape index (κ3) is 1.61. The van der Waals surface area contributed by atoms with Gasteiger partial charge < -0.3 is 4.90 Å². The Morgan fingerprint density at radius 3 is 2.83 bits per heavy atom. The second kappa shape index (κ2) is 3.44. The molecule has 1 aliphatic heterocycles. The van der Waals surface area contributed by atoms with Gasteiger partial charge in [-0.25, -0.2) is 4.98 Å². The Morgan fingerprint density at radius 1 is 1.50 bits per heavy atom. The molecule has 0 saturated carbocycles. The number of thiazole rings is 1. The van der Waals surface area contributed by atoms with Crippen LogP contribution in [0.3, 0.4) is 0 Å². The van der Waals surface area contributed by atoms with Crippen molar-refractivity contribution in [2.45, 2.75) is 12.8 Å². The van der Waals surface area contributed by atoms with E-state index in [0.29, 0.717) is 5.92 Å². The van der Waals surface area contributed by atoms with Crippen molar-refractivity contribution in [1.29, 1.82) is 0 Å². The van der Waals surface area contributed by atoms with Crippen molar-refractivity contribution < 1.29 is 0 Å². The number of piperidine rings is 1. The van der Waals surface area contributed by atoms with Gasteiger partial charge in [0.2, 0.25) is 0 Å². The predicted octanol–water partition coefficient (Wildman–Crippen LogP) is 2.19. The van der Waals surface area contributed by atoms with E-state index in [0.717, 1.165) is 13.1 Å². The molecule has 2 nitrogen and oxygen atoms in total. The fourth-order valence-corrected chi connectivity index (χ4v) is 2.19. The van der Waals surface area contributed by atoms with Crippen molar-refractivity contribution in [2.75, 3.05) is 18.0 Å². The van der Waals surface area contributed by atoms with Gasteiger partial charge in [-0.1, -0.05) is 6.92 Å². The lowest BCUT2D eigenvalue weighted by Gasteiger charge is -2.29. The second-order valence-corrected chi connectivity index (χ2v) is 4.12. The van der Waals surface area contributed by atoms with Crippen molar-refractivity contribution >= 4 is 16.5 Å². The van der Waals surface area contributed by atoms with Crippen LogP contribution in [-0.2, 0) is 0 Å². The maximum atomic E-state index is 4.29. The van der Waals surface area contributed by atoms with Crippen LogP contribution in [0.4, 0.5) is 5.13 Å². The molecule has 1 aromatic heterocycles. The molecule has 0 spiro atoms. The van der Waals surface area contributed by atoms with Gasteiger partial charge >= 0.3 is 0 Å². The minimum Gasteiger partial charge on any atom is -0.348 e. The maximum Gasteiger partial charge on any atom is 0.185 e. The van der Waals surface area contributed by atoms with Gasteiger partial charge in [0.25, 0.3) is 0 Å². The fraction of sp³-hybridized carbons (Fsp3) is 0.556. The average Bonchev–Trinajstić information content (AvgIpc) is 2.58. The Morgan fingerprint density at radius 2 is 2.25 bits per heavy atom. The lowest BCUT2D eigenvalue weighted by molar-refractivity contribution is 0.475. The number of nitrogens with zero attached hydrogens (tertiary/aromatic N) is 2. The van der Waals surface area contributed by atoms with Gasteiger partial charge in [0, 0.05) is 24.7 Å². The van der Waals surface area contributed by atoms with Crippen molar-refractivity contribution in [1.82, 2.24) is 4.98 Å². The van der Waals surface area contributed by atoms with Crippen molar-refractivity contribution in [2.24, 2.45) is 5.92 Å². The highest BCUT2D eigenvalue weighted by molar-refractivity contribution is 7.13. The monoisotopic (exact) mass is 181 g/mol. The van der Waals surface area contributed by atoms with E-state index in [4.69, 9.17) is 0 Å². The SMILES string of the molecule is [CH2]C1CCN(c2nccs2)CC1. The third-order valence-electron chi connectivity index (χ3n) is 2.30. The van der Waals surface area contributed by atoms with Crippen LogP contribution in [0.25, 0.3) is 0 Å². The molecule has 1 saturated heterocycles. The van der Waals surface area contributed by atoms with Crippen LogP contribution < -0.4 is 4.90 Å². The molecule has 0 atom stereocenters. The molecule has 0 N–H and O–H groups in total. The van der Waals surface area contributed by atoms with E-state index in [9.17, 15) is 0 Å². The van der Waals surface area contributed by atoms with E-state index >= 15 is 0 Å². The summed E-state index contributed by atoms with van der Waals surface area (Å²) in [6, 6.07) is 0. The molecule has 2 heterocycles. The normalized spacial score (nSPS) is 19.9. The molecular formula is C9H13N2S. The van der Waals surface area contributed by atoms with Gasteiger partial charge in [0.1, 0.15) is 0 Å². The smallest absolute Gasteiger partial charge is 0.185 e. The fourth-order valence-electron chi connectivity index (χ4n) is 1.50. The van der Waals surface area contributed by atoms with E-state index in [1.807, 2.05) is 11.6 Å². The summed E-state index contributed by atoms with van der Waals surface area (Å²) in [7, 11) is 0. The van der Waals surface area contributed by atoms with Gasteiger partial charge in [0.05, 0.1) is 0 Å². The molecule has 0 amide bonds. The quantitative estimate of drug-likeness (QED) is 0.660. The van der Waals surface area contributed by atoms with E-state index in [1.54, 1.807) is 11.3 Å². The number of anilines is 1. The van der Waals surface area contributed by atoms with Crippen LogP contribution in [0.5, 0.6) is 0 Å². The predicted molar refractivity (Wildman–Crippen MR) is 52.4 cm³/mol. The van der Waals surface area contributed by atoms with Crippen molar-refractivity contribution in [3.63, 3.8) is 0 Å². The van der Waals surface area contributed by atoms with Crippen LogP contribution >= 0.6 is 11.3 Å².